The molecule has 0 aliphatic rings. The molecular formula is C70H135NO5. The van der Waals surface area contributed by atoms with Crippen molar-refractivity contribution < 1.29 is 24.5 Å². The summed E-state index contributed by atoms with van der Waals surface area (Å²) >= 11 is 0. The molecule has 0 fully saturated rings. The van der Waals surface area contributed by atoms with Gasteiger partial charge in [-0.05, 0) is 57.8 Å². The van der Waals surface area contributed by atoms with E-state index in [0.29, 0.717) is 19.4 Å². The molecule has 2 unspecified atom stereocenters. The van der Waals surface area contributed by atoms with Gasteiger partial charge in [-0.15, -0.1) is 0 Å². The van der Waals surface area contributed by atoms with Crippen molar-refractivity contribution in [1.29, 1.82) is 0 Å². The first-order chi connectivity index (χ1) is 37.5. The average molecular weight is 1070 g/mol. The summed E-state index contributed by atoms with van der Waals surface area (Å²) in [5, 5.41) is 23.1. The maximum Gasteiger partial charge on any atom is 0.305 e. The summed E-state index contributed by atoms with van der Waals surface area (Å²) in [6.07, 6.45) is 82.5. The monoisotopic (exact) mass is 1070 g/mol. The second-order valence-electron chi connectivity index (χ2n) is 23.9. The fourth-order valence-corrected chi connectivity index (χ4v) is 10.9. The van der Waals surface area contributed by atoms with Crippen molar-refractivity contribution in [2.75, 3.05) is 13.2 Å². The lowest BCUT2D eigenvalue weighted by molar-refractivity contribution is -0.143. The summed E-state index contributed by atoms with van der Waals surface area (Å²) in [6, 6.07) is -0.625. The third kappa shape index (κ3) is 61.6. The van der Waals surface area contributed by atoms with Crippen molar-refractivity contribution >= 4 is 11.9 Å². The Balaban J connectivity index is 3.34. The van der Waals surface area contributed by atoms with Gasteiger partial charge in [0.2, 0.25) is 5.91 Å². The van der Waals surface area contributed by atoms with Crippen molar-refractivity contribution in [3.8, 4) is 0 Å². The number of rotatable bonds is 65. The molecule has 0 heterocycles. The number of ether oxygens (including phenoxy) is 1. The van der Waals surface area contributed by atoms with E-state index in [1.807, 2.05) is 6.08 Å². The highest BCUT2D eigenvalue weighted by atomic mass is 16.5. The molecule has 0 aliphatic heterocycles. The molecule has 450 valence electrons. The first-order valence-corrected chi connectivity index (χ1v) is 34.6. The minimum absolute atomic E-state index is 0.0154. The van der Waals surface area contributed by atoms with Crippen LogP contribution in [0.5, 0.6) is 0 Å². The molecule has 0 aliphatic carbocycles. The van der Waals surface area contributed by atoms with Crippen LogP contribution >= 0.6 is 0 Å². The van der Waals surface area contributed by atoms with Crippen LogP contribution in [0.4, 0.5) is 0 Å². The quantitative estimate of drug-likeness (QED) is 0.0320. The number of hydrogen-bond acceptors (Lipinski definition) is 5. The minimum Gasteiger partial charge on any atom is -0.466 e. The molecule has 76 heavy (non-hydrogen) atoms. The number of unbranched alkanes of at least 4 members (excludes halogenated alkanes) is 52. The van der Waals surface area contributed by atoms with Gasteiger partial charge in [0.25, 0.3) is 0 Å². The third-order valence-electron chi connectivity index (χ3n) is 16.2. The van der Waals surface area contributed by atoms with Crippen LogP contribution in [0.1, 0.15) is 386 Å². The SMILES string of the molecule is CCCCCCCCC/C=C\CCCCCCCCCC(=O)OCCCCCCCCCCCCCCCCCCCCCCCCCCCCCC(=O)NC(CO)C(O)/C=C/CCCCCCCCCCCCCC. The summed E-state index contributed by atoms with van der Waals surface area (Å²) in [5.41, 5.74) is 0. The van der Waals surface area contributed by atoms with Crippen molar-refractivity contribution in [2.24, 2.45) is 0 Å². The van der Waals surface area contributed by atoms with Gasteiger partial charge >= 0.3 is 5.97 Å². The molecule has 3 N–H and O–H groups in total. The van der Waals surface area contributed by atoms with E-state index in [1.54, 1.807) is 6.08 Å². The maximum atomic E-state index is 12.5. The summed E-state index contributed by atoms with van der Waals surface area (Å²) in [6.45, 7) is 4.93. The predicted molar refractivity (Wildman–Crippen MR) is 333 cm³/mol. The second-order valence-corrected chi connectivity index (χ2v) is 23.9. The van der Waals surface area contributed by atoms with E-state index in [1.165, 1.54) is 315 Å². The van der Waals surface area contributed by atoms with Crippen LogP contribution in [0, 0.1) is 0 Å². The Morgan fingerprint density at radius 3 is 0.934 bits per heavy atom. The van der Waals surface area contributed by atoms with E-state index < -0.39 is 12.1 Å². The van der Waals surface area contributed by atoms with Gasteiger partial charge < -0.3 is 20.3 Å². The lowest BCUT2D eigenvalue weighted by atomic mass is 10.0. The van der Waals surface area contributed by atoms with Gasteiger partial charge in [-0.1, -0.05) is 340 Å². The highest BCUT2D eigenvalue weighted by Crippen LogP contribution is 2.19. The first-order valence-electron chi connectivity index (χ1n) is 34.6. The number of allylic oxidation sites excluding steroid dienone is 3. The van der Waals surface area contributed by atoms with Gasteiger partial charge in [0.1, 0.15) is 0 Å². The fraction of sp³-hybridized carbons (Fsp3) is 0.914. The van der Waals surface area contributed by atoms with Crippen LogP contribution in [0.2, 0.25) is 0 Å². The van der Waals surface area contributed by atoms with Gasteiger partial charge in [0.15, 0.2) is 0 Å². The highest BCUT2D eigenvalue weighted by molar-refractivity contribution is 5.76. The molecule has 1 amide bonds. The van der Waals surface area contributed by atoms with Crippen LogP contribution in [0.3, 0.4) is 0 Å². The molecule has 2 atom stereocenters. The maximum absolute atomic E-state index is 12.5. The Morgan fingerprint density at radius 2 is 0.618 bits per heavy atom. The molecule has 6 nitrogen and oxygen atoms in total. The summed E-state index contributed by atoms with van der Waals surface area (Å²) in [5.74, 6) is -0.0479. The number of aliphatic hydroxyl groups is 2. The summed E-state index contributed by atoms with van der Waals surface area (Å²) in [7, 11) is 0. The number of nitrogens with one attached hydrogen (secondary N) is 1. The summed E-state index contributed by atoms with van der Waals surface area (Å²) < 4.78 is 5.51. The predicted octanol–water partition coefficient (Wildman–Crippen LogP) is 22.1. The molecule has 0 aromatic rings. The lowest BCUT2D eigenvalue weighted by Crippen LogP contribution is -2.45. The normalized spacial score (nSPS) is 12.6. The van der Waals surface area contributed by atoms with E-state index in [9.17, 15) is 19.8 Å². The van der Waals surface area contributed by atoms with E-state index in [0.717, 1.165) is 44.9 Å². The molecule has 0 radical (unpaired) electrons. The lowest BCUT2D eigenvalue weighted by Gasteiger charge is -2.20. The largest absolute Gasteiger partial charge is 0.466 e. The van der Waals surface area contributed by atoms with Gasteiger partial charge in [-0.2, -0.15) is 0 Å². The molecule has 0 aromatic heterocycles. The number of amides is 1. The molecule has 0 saturated carbocycles. The van der Waals surface area contributed by atoms with Crippen LogP contribution < -0.4 is 5.32 Å². The number of esters is 1. The smallest absolute Gasteiger partial charge is 0.305 e. The van der Waals surface area contributed by atoms with E-state index in [-0.39, 0.29) is 18.5 Å². The number of hydrogen-bond donors (Lipinski definition) is 3. The molecule has 6 heteroatoms. The standard InChI is InChI=1S/C70H135NO5/c1-3-5-7-9-11-13-15-17-19-20-33-36-40-44-48-52-56-60-64-70(75)76-65-61-57-53-49-45-41-37-34-31-29-27-25-23-21-22-24-26-28-30-32-35-39-43-47-51-55-59-63-69(74)71-67(66-72)68(73)62-58-54-50-46-42-38-18-16-14-12-10-8-6-4-2/h19-20,58,62,67-68,72-73H,3-18,21-57,59-61,63-66H2,1-2H3,(H,71,74)/b20-19-,62-58+. The molecule has 0 bridgehead atoms. The van der Waals surface area contributed by atoms with Crippen LogP contribution in [-0.4, -0.2) is 47.4 Å². The zero-order chi connectivity index (χ0) is 55.0. The van der Waals surface area contributed by atoms with E-state index in [4.69, 9.17) is 4.74 Å². The van der Waals surface area contributed by atoms with Crippen molar-refractivity contribution in [3.63, 3.8) is 0 Å². The van der Waals surface area contributed by atoms with Crippen molar-refractivity contribution in [1.82, 2.24) is 5.32 Å². The van der Waals surface area contributed by atoms with E-state index >= 15 is 0 Å². The van der Waals surface area contributed by atoms with Gasteiger partial charge in [-0.25, -0.2) is 0 Å². The average Bonchev–Trinajstić information content (AvgIpc) is 3.42. The van der Waals surface area contributed by atoms with Crippen LogP contribution in [0.15, 0.2) is 24.3 Å². The second kappa shape index (κ2) is 65.9. The Kier molecular flexibility index (Phi) is 64.4. The Bertz CT molecular complexity index is 1190. The zero-order valence-corrected chi connectivity index (χ0v) is 51.5. The van der Waals surface area contributed by atoms with Crippen molar-refractivity contribution in [3.05, 3.63) is 24.3 Å². The first kappa shape index (κ1) is 74.3. The van der Waals surface area contributed by atoms with Gasteiger partial charge in [-0.3, -0.25) is 9.59 Å². The van der Waals surface area contributed by atoms with Crippen molar-refractivity contribution in [2.45, 2.75) is 398 Å². The molecule has 0 rings (SSSR count). The van der Waals surface area contributed by atoms with Crippen LogP contribution in [-0.2, 0) is 14.3 Å². The Morgan fingerprint density at radius 1 is 0.355 bits per heavy atom. The highest BCUT2D eigenvalue weighted by Gasteiger charge is 2.18. The number of aliphatic hydroxyl groups excluding tert-OH is 2. The molecule has 0 saturated heterocycles. The molecule has 0 aromatic carbocycles. The van der Waals surface area contributed by atoms with Gasteiger partial charge in [0.05, 0.1) is 25.4 Å². The molecule has 0 spiro atoms. The Labute approximate surface area is 475 Å². The molecular weight excluding hydrogens is 935 g/mol. The number of carbonyl (C=O) groups is 2. The van der Waals surface area contributed by atoms with Gasteiger partial charge in [0, 0.05) is 12.8 Å². The topological polar surface area (TPSA) is 95.9 Å². The zero-order valence-electron chi connectivity index (χ0n) is 51.5. The van der Waals surface area contributed by atoms with Crippen LogP contribution in [0.25, 0.3) is 0 Å². The summed E-state index contributed by atoms with van der Waals surface area (Å²) in [4.78, 5) is 24.6. The Hall–Kier alpha value is -1.66. The third-order valence-corrected chi connectivity index (χ3v) is 16.2. The van der Waals surface area contributed by atoms with E-state index in [2.05, 4.69) is 31.3 Å². The number of carbonyl (C=O) groups excluding carboxylic acids is 2. The minimum atomic E-state index is -0.842. The fourth-order valence-electron chi connectivity index (χ4n) is 10.9.